The second-order valence-corrected chi connectivity index (χ2v) is 6.75. The maximum absolute atomic E-state index is 9.49. The van der Waals surface area contributed by atoms with E-state index in [2.05, 4.69) is 16.2 Å². The Hall–Kier alpha value is -2.89. The molecule has 0 bridgehead atoms. The summed E-state index contributed by atoms with van der Waals surface area (Å²) in [6.45, 7) is 2.52. The highest BCUT2D eigenvalue weighted by Crippen LogP contribution is 2.26. The molecule has 6 nitrogen and oxygen atoms in total. The highest BCUT2D eigenvalue weighted by atomic mass is 32.1. The minimum absolute atomic E-state index is 0.0881. The minimum atomic E-state index is 0.0881. The van der Waals surface area contributed by atoms with E-state index in [1.807, 2.05) is 31.2 Å². The zero-order valence-electron chi connectivity index (χ0n) is 13.4. The number of aromatic nitrogens is 1. The van der Waals surface area contributed by atoms with Gasteiger partial charge in [0.2, 0.25) is 5.96 Å². The summed E-state index contributed by atoms with van der Waals surface area (Å²) < 4.78 is 7.04. The summed E-state index contributed by atoms with van der Waals surface area (Å²) in [5, 5.41) is 9.49. The molecule has 0 spiro atoms. The number of ether oxygens (including phenoxy) is 1. The second-order valence-electron chi connectivity index (χ2n) is 5.03. The van der Waals surface area contributed by atoms with Gasteiger partial charge in [0.05, 0.1) is 28.2 Å². The number of guanidine groups is 1. The van der Waals surface area contributed by atoms with Crippen molar-refractivity contribution in [1.82, 2.24) is 4.98 Å². The van der Waals surface area contributed by atoms with E-state index < -0.39 is 0 Å². The Labute approximate surface area is 153 Å². The van der Waals surface area contributed by atoms with Crippen molar-refractivity contribution in [1.29, 1.82) is 5.26 Å². The molecule has 0 radical (unpaired) electrons. The molecule has 3 rings (SSSR count). The summed E-state index contributed by atoms with van der Waals surface area (Å²) in [4.78, 5) is 8.67. The summed E-state index contributed by atoms with van der Waals surface area (Å²) in [6, 6.07) is 12.7. The second kappa shape index (κ2) is 7.34. The fraction of sp³-hybridized carbons (Fsp3) is 0.118. The zero-order valence-corrected chi connectivity index (χ0v) is 15.0. The van der Waals surface area contributed by atoms with Crippen molar-refractivity contribution in [3.63, 3.8) is 0 Å². The Morgan fingerprint density at radius 1 is 1.36 bits per heavy atom. The third-order valence-electron chi connectivity index (χ3n) is 3.38. The van der Waals surface area contributed by atoms with Crippen molar-refractivity contribution in [2.24, 2.45) is 10.7 Å². The average Bonchev–Trinajstić information content (AvgIpc) is 2.97. The van der Waals surface area contributed by atoms with Crippen LogP contribution in [0.5, 0.6) is 5.75 Å². The minimum Gasteiger partial charge on any atom is -0.494 e. The molecule has 1 heterocycles. The maximum Gasteiger partial charge on any atom is 0.214 e. The molecule has 0 atom stereocenters. The van der Waals surface area contributed by atoms with Gasteiger partial charge in [0.25, 0.3) is 0 Å². The van der Waals surface area contributed by atoms with Gasteiger partial charge < -0.3 is 15.5 Å². The van der Waals surface area contributed by atoms with E-state index in [1.165, 1.54) is 16.2 Å². The Balaban J connectivity index is 1.90. The lowest BCUT2D eigenvalue weighted by Gasteiger charge is -2.14. The summed E-state index contributed by atoms with van der Waals surface area (Å²) in [7, 11) is 0. The number of nitrogens with zero attached hydrogens (tertiary/aromatic N) is 3. The fourth-order valence-electron chi connectivity index (χ4n) is 2.28. The molecule has 0 aliphatic carbocycles. The molecule has 0 unspecified atom stereocenters. The lowest BCUT2D eigenvalue weighted by Crippen LogP contribution is -2.33. The Bertz CT molecular complexity index is 1010. The van der Waals surface area contributed by atoms with Crippen molar-refractivity contribution in [3.8, 4) is 11.9 Å². The van der Waals surface area contributed by atoms with Crippen LogP contribution in [-0.2, 0) is 0 Å². The predicted molar refractivity (Wildman–Crippen MR) is 104 cm³/mol. The molecule has 0 aliphatic heterocycles. The van der Waals surface area contributed by atoms with E-state index in [0.717, 1.165) is 16.0 Å². The summed E-state index contributed by atoms with van der Waals surface area (Å²) in [6.07, 6.45) is 2.06. The molecular weight excluding hydrogens is 354 g/mol. The molecule has 0 fully saturated rings. The number of nitrogens with one attached hydrogen (secondary N) is 1. The molecule has 0 saturated heterocycles. The summed E-state index contributed by atoms with van der Waals surface area (Å²) in [5.74, 6) is 0.849. The van der Waals surface area contributed by atoms with Gasteiger partial charge in [0.1, 0.15) is 5.75 Å². The Morgan fingerprint density at radius 3 is 2.80 bits per heavy atom. The van der Waals surface area contributed by atoms with E-state index in [-0.39, 0.29) is 5.96 Å². The third kappa shape index (κ3) is 3.79. The van der Waals surface area contributed by atoms with Crippen LogP contribution < -0.4 is 15.4 Å². The first-order chi connectivity index (χ1) is 12.1. The van der Waals surface area contributed by atoms with Gasteiger partial charge in [-0.2, -0.15) is 5.26 Å². The third-order valence-corrected chi connectivity index (χ3v) is 4.58. The number of nitrogens with two attached hydrogens (primary N) is 1. The van der Waals surface area contributed by atoms with Gasteiger partial charge in [-0.15, -0.1) is 11.3 Å². The van der Waals surface area contributed by atoms with Gasteiger partial charge in [-0.25, -0.2) is 9.89 Å². The standard InChI is InChI=1S/C17H15N5OS2/c1-2-23-13-6-3-11(4-7-13)20-16(19)22(10-18)12-5-8-14-15(9-12)25-17(24)21-14/h3-9H,2H2,1H3,(H2,19,20)(H,21,24). The van der Waals surface area contributed by atoms with Crippen LogP contribution in [0.1, 0.15) is 6.92 Å². The van der Waals surface area contributed by atoms with Crippen LogP contribution in [0.3, 0.4) is 0 Å². The van der Waals surface area contributed by atoms with Crippen LogP contribution in [0.25, 0.3) is 10.2 Å². The molecule has 0 amide bonds. The number of hydrogen-bond acceptors (Lipinski definition) is 5. The predicted octanol–water partition coefficient (Wildman–Crippen LogP) is 4.29. The molecular formula is C17H15N5OS2. The van der Waals surface area contributed by atoms with Crippen LogP contribution in [0.2, 0.25) is 0 Å². The molecule has 8 heteroatoms. The smallest absolute Gasteiger partial charge is 0.214 e. The van der Waals surface area contributed by atoms with Crippen LogP contribution in [0, 0.1) is 15.4 Å². The van der Waals surface area contributed by atoms with Crippen LogP contribution in [0.15, 0.2) is 47.5 Å². The van der Waals surface area contributed by atoms with Crippen LogP contribution >= 0.6 is 23.6 Å². The van der Waals surface area contributed by atoms with Crippen LogP contribution in [0.4, 0.5) is 11.4 Å². The van der Waals surface area contributed by atoms with Crippen molar-refractivity contribution in [3.05, 3.63) is 46.4 Å². The van der Waals surface area contributed by atoms with Gasteiger partial charge in [-0.3, -0.25) is 0 Å². The first kappa shape index (κ1) is 17.0. The number of fused-ring (bicyclic) bond motifs is 1. The maximum atomic E-state index is 9.49. The van der Waals surface area contributed by atoms with E-state index in [1.54, 1.807) is 18.2 Å². The molecule has 25 heavy (non-hydrogen) atoms. The van der Waals surface area contributed by atoms with Crippen molar-refractivity contribution >= 4 is 51.1 Å². The van der Waals surface area contributed by atoms with Gasteiger partial charge in [-0.1, -0.05) is 0 Å². The lowest BCUT2D eigenvalue weighted by atomic mass is 10.3. The molecule has 0 aliphatic rings. The Kier molecular flexibility index (Phi) is 4.97. The summed E-state index contributed by atoms with van der Waals surface area (Å²) in [5.41, 5.74) is 8.24. The molecule has 0 saturated carbocycles. The highest BCUT2D eigenvalue weighted by molar-refractivity contribution is 7.73. The fourth-order valence-corrected chi connectivity index (χ4v) is 3.43. The lowest BCUT2D eigenvalue weighted by molar-refractivity contribution is 0.340. The molecule has 3 aromatic rings. The molecule has 1 aromatic heterocycles. The molecule has 2 aromatic carbocycles. The van der Waals surface area contributed by atoms with Crippen molar-refractivity contribution in [2.75, 3.05) is 11.5 Å². The number of nitriles is 1. The number of hydrogen-bond donors (Lipinski definition) is 2. The first-order valence-corrected chi connectivity index (χ1v) is 8.73. The van der Waals surface area contributed by atoms with Gasteiger partial charge in [0.15, 0.2) is 10.1 Å². The number of aliphatic imine (C=N–C) groups is 1. The molecule has 3 N–H and O–H groups in total. The normalized spacial score (nSPS) is 11.3. The van der Waals surface area contributed by atoms with E-state index in [4.69, 9.17) is 22.7 Å². The van der Waals surface area contributed by atoms with E-state index >= 15 is 0 Å². The van der Waals surface area contributed by atoms with E-state index in [0.29, 0.717) is 21.9 Å². The quantitative estimate of drug-likeness (QED) is 0.235. The number of thiazole rings is 1. The van der Waals surface area contributed by atoms with Gasteiger partial charge >= 0.3 is 0 Å². The van der Waals surface area contributed by atoms with Gasteiger partial charge in [0, 0.05) is 0 Å². The number of anilines is 1. The summed E-state index contributed by atoms with van der Waals surface area (Å²) >= 11 is 6.59. The Morgan fingerprint density at radius 2 is 2.12 bits per heavy atom. The number of H-pyrrole nitrogens is 1. The first-order valence-electron chi connectivity index (χ1n) is 7.50. The monoisotopic (exact) mass is 369 g/mol. The average molecular weight is 369 g/mol. The highest BCUT2D eigenvalue weighted by Gasteiger charge is 2.12. The van der Waals surface area contributed by atoms with Crippen LogP contribution in [-0.4, -0.2) is 17.6 Å². The SMILES string of the molecule is CCOc1ccc(N=C(N)N(C#N)c2ccc3[nH]c(=S)sc3c2)cc1. The molecule has 126 valence electrons. The zero-order chi connectivity index (χ0) is 17.8. The van der Waals surface area contributed by atoms with Crippen molar-refractivity contribution < 1.29 is 4.74 Å². The van der Waals surface area contributed by atoms with Crippen molar-refractivity contribution in [2.45, 2.75) is 6.92 Å². The number of benzene rings is 2. The van der Waals surface area contributed by atoms with Gasteiger partial charge in [-0.05, 0) is 61.6 Å². The number of aromatic amines is 1. The van der Waals surface area contributed by atoms with E-state index in [9.17, 15) is 5.26 Å². The topological polar surface area (TPSA) is 90.4 Å². The number of rotatable bonds is 4. The largest absolute Gasteiger partial charge is 0.494 e.